The van der Waals surface area contributed by atoms with Gasteiger partial charge in [-0.3, -0.25) is 4.84 Å². The zero-order chi connectivity index (χ0) is 28.4. The molecule has 4 saturated carbocycles. The summed E-state index contributed by atoms with van der Waals surface area (Å²) in [5.74, 6) is 1.05. The Kier molecular flexibility index (Phi) is 7.26. The van der Waals surface area contributed by atoms with Crippen molar-refractivity contribution in [3.63, 3.8) is 0 Å². The van der Waals surface area contributed by atoms with Crippen LogP contribution in [0.4, 0.5) is 0 Å². The molecule has 0 bridgehead atoms. The molecule has 5 fully saturated rings. The van der Waals surface area contributed by atoms with Gasteiger partial charge in [0, 0.05) is 22.4 Å². The normalized spacial score (nSPS) is 50.3. The van der Waals surface area contributed by atoms with Gasteiger partial charge in [-0.2, -0.15) is 5.06 Å². The highest BCUT2D eigenvalue weighted by Gasteiger charge is 2.68. The molecule has 0 aromatic heterocycles. The van der Waals surface area contributed by atoms with Crippen molar-refractivity contribution in [1.82, 2.24) is 5.06 Å². The maximum absolute atomic E-state index is 12.4. The van der Waals surface area contributed by atoms with E-state index in [1.54, 1.807) is 18.2 Å². The number of carbonyl (C=O) groups excluding carboxylic acids is 1. The Morgan fingerprint density at radius 2 is 1.90 bits per heavy atom. The van der Waals surface area contributed by atoms with Crippen molar-refractivity contribution in [2.24, 2.45) is 39.6 Å². The summed E-state index contributed by atoms with van der Waals surface area (Å²) in [7, 11) is 1.57. The Bertz CT molecular complexity index is 1100. The first-order valence-electron chi connectivity index (χ1n) is 15.0. The van der Waals surface area contributed by atoms with Crippen LogP contribution < -0.4 is 0 Å². The third kappa shape index (κ3) is 4.07. The second-order valence-corrected chi connectivity index (χ2v) is 13.7. The lowest BCUT2D eigenvalue weighted by Crippen LogP contribution is -2.64. The Labute approximate surface area is 235 Å². The van der Waals surface area contributed by atoms with E-state index in [2.05, 4.69) is 23.9 Å². The number of fused-ring (bicyclic) bond motifs is 5. The monoisotopic (exact) mass is 560 g/mol. The molecule has 0 amide bonds. The molecule has 2 aliphatic heterocycles. The predicted octanol–water partition coefficient (Wildman–Crippen LogP) is 3.23. The van der Waals surface area contributed by atoms with Gasteiger partial charge in [-0.25, -0.2) is 4.79 Å². The summed E-state index contributed by atoms with van der Waals surface area (Å²) in [6, 6.07) is -0.821. The molecule has 11 nitrogen and oxygen atoms in total. The topological polar surface area (TPSA) is 157 Å². The van der Waals surface area contributed by atoms with Crippen LogP contribution in [0, 0.1) is 34.5 Å². The largest absolute Gasteiger partial charge is 0.458 e. The van der Waals surface area contributed by atoms with Crippen molar-refractivity contribution >= 4 is 5.97 Å². The fraction of sp³-hybridized carbons (Fsp3) is 0.897. The number of ether oxygens (including phenoxy) is 2. The third-order valence-corrected chi connectivity index (χ3v) is 12.5. The van der Waals surface area contributed by atoms with Crippen LogP contribution in [0.1, 0.15) is 71.6 Å². The number of hydroxylamine groups is 2. The lowest BCUT2D eigenvalue weighted by molar-refractivity contribution is -0.316. The Hall–Kier alpha value is -1.72. The van der Waals surface area contributed by atoms with Gasteiger partial charge in [0.05, 0.1) is 31.5 Å². The van der Waals surface area contributed by atoms with Crippen LogP contribution in [-0.4, -0.2) is 82.8 Å². The minimum Gasteiger partial charge on any atom is -0.458 e. The van der Waals surface area contributed by atoms with Gasteiger partial charge in [-0.1, -0.05) is 19.0 Å². The fourth-order valence-corrected chi connectivity index (χ4v) is 10.3. The zero-order valence-electron chi connectivity index (χ0n) is 23.8. The maximum atomic E-state index is 12.4. The van der Waals surface area contributed by atoms with Crippen molar-refractivity contribution < 1.29 is 34.4 Å². The van der Waals surface area contributed by atoms with E-state index in [0.29, 0.717) is 18.4 Å². The van der Waals surface area contributed by atoms with Crippen LogP contribution in [0.5, 0.6) is 0 Å². The molecule has 0 aromatic carbocycles. The fourth-order valence-electron chi connectivity index (χ4n) is 10.3. The zero-order valence-corrected chi connectivity index (χ0v) is 23.8. The Balaban J connectivity index is 1.18. The molecule has 1 saturated heterocycles. The van der Waals surface area contributed by atoms with E-state index < -0.39 is 30.1 Å². The number of rotatable bonds is 5. The highest BCUT2D eigenvalue weighted by molar-refractivity contribution is 5.85. The predicted molar refractivity (Wildman–Crippen MR) is 143 cm³/mol. The van der Waals surface area contributed by atoms with E-state index in [9.17, 15) is 20.1 Å². The van der Waals surface area contributed by atoms with E-state index in [-0.39, 0.29) is 41.3 Å². The minimum absolute atomic E-state index is 0.0139. The molecule has 222 valence electrons. The number of cyclic esters (lactones) is 1. The van der Waals surface area contributed by atoms with Crippen molar-refractivity contribution in [3.05, 3.63) is 22.1 Å². The van der Waals surface area contributed by atoms with Crippen LogP contribution in [0.3, 0.4) is 0 Å². The van der Waals surface area contributed by atoms with Gasteiger partial charge in [-0.15, -0.1) is 0 Å². The highest BCUT2D eigenvalue weighted by Crippen LogP contribution is 2.70. The molecular formula is C29H44N4O7. The molecule has 2 heterocycles. The summed E-state index contributed by atoms with van der Waals surface area (Å²) < 4.78 is 11.1. The number of aliphatic hydroxyl groups is 3. The molecule has 0 aromatic rings. The number of esters is 1. The molecular weight excluding hydrogens is 516 g/mol. The summed E-state index contributed by atoms with van der Waals surface area (Å²) in [6.07, 6.45) is 6.77. The number of nitrogens with zero attached hydrogens (tertiary/aromatic N) is 4. The van der Waals surface area contributed by atoms with Crippen LogP contribution in [0.15, 0.2) is 16.8 Å². The van der Waals surface area contributed by atoms with E-state index in [4.69, 9.17) is 19.8 Å². The van der Waals surface area contributed by atoms with Crippen LogP contribution in [-0.2, 0) is 19.1 Å². The number of aliphatic hydroxyl groups excluding tert-OH is 2. The number of hydrogen-bond acceptors (Lipinski definition) is 9. The first-order chi connectivity index (χ1) is 19.1. The Morgan fingerprint density at radius 3 is 2.60 bits per heavy atom. The number of carbonyl (C=O) groups is 1. The SMILES string of the molecule is CON([C@H]1CC[C@@]2(C)[C@H](CC[C@@H]3[C@@H]2CC[C@]2(C)[C@@H](C4=CC(=O)OC4)CC[C@]32O)C1)[C@@H]1OC[C@@H](N=[N+]=[N-])[C@H](O)[C@H]1O. The summed E-state index contributed by atoms with van der Waals surface area (Å²) >= 11 is 0. The standard InChI is InChI=1S/C29H44N4O7/c1-27-9-6-18(33(38-3)26-25(36)24(35)22(15-40-26)31-32-30)13-17(27)4-5-21-20(27)7-10-28(2)19(8-11-29(21,28)37)16-12-23(34)39-14-16/h12,17-22,24-26,35-37H,4-11,13-15H2,1-3H3/t17-,18+,19-,20+,21-,22-,24+,25-,26-,27+,28-,29+/m1/s1. The van der Waals surface area contributed by atoms with Gasteiger partial charge in [0.2, 0.25) is 0 Å². The molecule has 40 heavy (non-hydrogen) atoms. The van der Waals surface area contributed by atoms with E-state index >= 15 is 0 Å². The number of azide groups is 1. The summed E-state index contributed by atoms with van der Waals surface area (Å²) in [6.45, 7) is 5.05. The molecule has 6 aliphatic rings. The van der Waals surface area contributed by atoms with Gasteiger partial charge < -0.3 is 24.8 Å². The van der Waals surface area contributed by atoms with Crippen LogP contribution in [0.2, 0.25) is 0 Å². The van der Waals surface area contributed by atoms with Gasteiger partial charge in [0.15, 0.2) is 6.23 Å². The quantitative estimate of drug-likeness (QED) is 0.152. The van der Waals surface area contributed by atoms with Gasteiger partial charge in [0.25, 0.3) is 0 Å². The second kappa shape index (κ2) is 10.2. The first kappa shape index (κ1) is 28.4. The smallest absolute Gasteiger partial charge is 0.331 e. The molecule has 0 radical (unpaired) electrons. The van der Waals surface area contributed by atoms with E-state index in [1.807, 2.05) is 0 Å². The van der Waals surface area contributed by atoms with Gasteiger partial charge in [-0.05, 0) is 98.0 Å². The minimum atomic E-state index is -1.26. The third-order valence-electron chi connectivity index (χ3n) is 12.5. The summed E-state index contributed by atoms with van der Waals surface area (Å²) in [5.41, 5.74) is 8.92. The average molecular weight is 561 g/mol. The molecule has 12 atom stereocenters. The first-order valence-corrected chi connectivity index (χ1v) is 15.0. The van der Waals surface area contributed by atoms with Crippen molar-refractivity contribution in [2.75, 3.05) is 20.3 Å². The van der Waals surface area contributed by atoms with Crippen LogP contribution in [0.25, 0.3) is 10.4 Å². The van der Waals surface area contributed by atoms with Gasteiger partial charge in [0.1, 0.15) is 12.7 Å². The molecule has 3 N–H and O–H groups in total. The highest BCUT2D eigenvalue weighted by atomic mass is 16.7. The van der Waals surface area contributed by atoms with Crippen molar-refractivity contribution in [2.45, 2.75) is 108 Å². The molecule has 11 heteroatoms. The maximum Gasteiger partial charge on any atom is 0.331 e. The van der Waals surface area contributed by atoms with Crippen LogP contribution >= 0.6 is 0 Å². The second-order valence-electron chi connectivity index (χ2n) is 13.7. The molecule has 0 unspecified atom stereocenters. The summed E-state index contributed by atoms with van der Waals surface area (Å²) in [4.78, 5) is 20.4. The van der Waals surface area contributed by atoms with Crippen molar-refractivity contribution in [1.29, 1.82) is 0 Å². The van der Waals surface area contributed by atoms with E-state index in [0.717, 1.165) is 63.4 Å². The molecule has 6 rings (SSSR count). The molecule has 0 spiro atoms. The van der Waals surface area contributed by atoms with Gasteiger partial charge >= 0.3 is 5.97 Å². The lowest BCUT2D eigenvalue weighted by Gasteiger charge is -2.64. The average Bonchev–Trinajstić information content (AvgIpc) is 3.48. The van der Waals surface area contributed by atoms with E-state index in [1.165, 1.54) is 0 Å². The van der Waals surface area contributed by atoms with Crippen molar-refractivity contribution in [3.8, 4) is 0 Å². The Morgan fingerprint density at radius 1 is 1.10 bits per heavy atom. The lowest BCUT2D eigenvalue weighted by atomic mass is 9.43. The molecule has 4 aliphatic carbocycles. The summed E-state index contributed by atoms with van der Waals surface area (Å²) in [5, 5.41) is 39.1. The number of hydrogen-bond donors (Lipinski definition) is 3.